The first-order valence-corrected chi connectivity index (χ1v) is 7.15. The van der Waals surface area contributed by atoms with E-state index in [1.165, 1.54) is 0 Å². The average molecular weight is 280 g/mol. The van der Waals surface area contributed by atoms with Crippen LogP contribution in [-0.4, -0.2) is 37.9 Å². The van der Waals surface area contributed by atoms with Gasteiger partial charge in [-0.1, -0.05) is 12.1 Å². The Morgan fingerprint density at radius 2 is 2.32 bits per heavy atom. The van der Waals surface area contributed by atoms with E-state index < -0.39 is 0 Å². The molecule has 0 unspecified atom stereocenters. The predicted molar refractivity (Wildman–Crippen MR) is 79.8 cm³/mol. The summed E-state index contributed by atoms with van der Waals surface area (Å²) >= 11 is 1.64. The summed E-state index contributed by atoms with van der Waals surface area (Å²) < 4.78 is 5.33. The number of hydrogen-bond acceptors (Lipinski definition) is 3. The van der Waals surface area contributed by atoms with Crippen LogP contribution in [-0.2, 0) is 6.54 Å². The Kier molecular flexibility index (Phi) is 6.29. The summed E-state index contributed by atoms with van der Waals surface area (Å²) in [7, 11) is 3.41. The van der Waals surface area contributed by atoms with Gasteiger partial charge in [0.1, 0.15) is 5.75 Å². The second-order valence-electron chi connectivity index (χ2n) is 4.02. The molecule has 0 bridgehead atoms. The van der Waals surface area contributed by atoms with Gasteiger partial charge in [0, 0.05) is 25.0 Å². The fourth-order valence-corrected chi connectivity index (χ4v) is 2.17. The van der Waals surface area contributed by atoms with Gasteiger partial charge in [0.25, 0.3) is 0 Å². The Labute approximate surface area is 118 Å². The Bertz CT molecular complexity index is 449. The molecule has 0 saturated carbocycles. The summed E-state index contributed by atoms with van der Waals surface area (Å²) in [6, 6.07) is 5.86. The van der Waals surface area contributed by atoms with Crippen molar-refractivity contribution in [1.82, 2.24) is 10.2 Å². The molecule has 2 amide bonds. The van der Waals surface area contributed by atoms with Crippen LogP contribution in [0, 0.1) is 0 Å². The molecule has 0 aliphatic heterocycles. The highest BCUT2D eigenvalue weighted by atomic mass is 32.2. The lowest BCUT2D eigenvalue weighted by Gasteiger charge is -2.18. The standard InChI is InChI=1S/C14H20N2O2S/c1-5-8-15-14(17)16(2)10-11-6-7-13(19-4)12(9-11)18-3/h5-7,9H,1,8,10H2,2-4H3,(H,15,17). The van der Waals surface area contributed by atoms with Gasteiger partial charge in [0.15, 0.2) is 0 Å². The molecule has 0 radical (unpaired) electrons. The molecule has 19 heavy (non-hydrogen) atoms. The molecule has 1 N–H and O–H groups in total. The molecule has 0 aliphatic carbocycles. The number of thioether (sulfide) groups is 1. The SMILES string of the molecule is C=CCNC(=O)N(C)Cc1ccc(SC)c(OC)c1. The Morgan fingerprint density at radius 3 is 2.89 bits per heavy atom. The average Bonchev–Trinajstić information content (AvgIpc) is 2.44. The number of carbonyl (C=O) groups is 1. The number of nitrogens with one attached hydrogen (secondary N) is 1. The normalized spacial score (nSPS) is 9.84. The zero-order chi connectivity index (χ0) is 14.3. The second-order valence-corrected chi connectivity index (χ2v) is 4.87. The fourth-order valence-electron chi connectivity index (χ4n) is 1.62. The van der Waals surface area contributed by atoms with Gasteiger partial charge in [-0.25, -0.2) is 4.79 Å². The van der Waals surface area contributed by atoms with Crippen LogP contribution in [0.3, 0.4) is 0 Å². The highest BCUT2D eigenvalue weighted by molar-refractivity contribution is 7.98. The van der Waals surface area contributed by atoms with Crippen LogP contribution >= 0.6 is 11.8 Å². The minimum absolute atomic E-state index is 0.118. The zero-order valence-corrected chi connectivity index (χ0v) is 12.4. The van der Waals surface area contributed by atoms with Gasteiger partial charge in [-0.15, -0.1) is 18.3 Å². The summed E-state index contributed by atoms with van der Waals surface area (Å²) in [5.41, 5.74) is 1.03. The third kappa shape index (κ3) is 4.52. The second kappa shape index (κ2) is 7.74. The maximum Gasteiger partial charge on any atom is 0.317 e. The number of nitrogens with zero attached hydrogens (tertiary/aromatic N) is 1. The summed E-state index contributed by atoms with van der Waals surface area (Å²) in [5, 5.41) is 2.74. The Balaban J connectivity index is 2.71. The molecular weight excluding hydrogens is 260 g/mol. The van der Waals surface area contributed by atoms with E-state index in [0.29, 0.717) is 13.1 Å². The summed E-state index contributed by atoms with van der Waals surface area (Å²) in [6.45, 7) is 4.57. The Morgan fingerprint density at radius 1 is 1.58 bits per heavy atom. The van der Waals surface area contributed by atoms with Crippen molar-refractivity contribution in [1.29, 1.82) is 0 Å². The van der Waals surface area contributed by atoms with Crippen LogP contribution in [0.4, 0.5) is 4.79 Å². The van der Waals surface area contributed by atoms with Crippen molar-refractivity contribution in [3.05, 3.63) is 36.4 Å². The number of hydrogen-bond donors (Lipinski definition) is 1. The molecule has 0 aliphatic rings. The van der Waals surface area contributed by atoms with Gasteiger partial charge in [-0.05, 0) is 24.0 Å². The van der Waals surface area contributed by atoms with Crippen molar-refractivity contribution in [3.63, 3.8) is 0 Å². The minimum atomic E-state index is -0.118. The molecule has 1 rings (SSSR count). The molecule has 104 valence electrons. The highest BCUT2D eigenvalue weighted by Gasteiger charge is 2.09. The van der Waals surface area contributed by atoms with Crippen LogP contribution < -0.4 is 10.1 Å². The minimum Gasteiger partial charge on any atom is -0.496 e. The molecule has 1 aromatic rings. The van der Waals surface area contributed by atoms with E-state index in [9.17, 15) is 4.79 Å². The Hall–Kier alpha value is -1.62. The maximum atomic E-state index is 11.7. The van der Waals surface area contributed by atoms with Gasteiger partial charge in [0.2, 0.25) is 0 Å². The van der Waals surface area contributed by atoms with Crippen molar-refractivity contribution in [2.24, 2.45) is 0 Å². The fraction of sp³-hybridized carbons (Fsp3) is 0.357. The lowest BCUT2D eigenvalue weighted by molar-refractivity contribution is 0.208. The summed E-state index contributed by atoms with van der Waals surface area (Å²) in [6.07, 6.45) is 3.66. The summed E-state index contributed by atoms with van der Waals surface area (Å²) in [5.74, 6) is 0.838. The molecule has 0 aromatic heterocycles. The molecule has 1 aromatic carbocycles. The van der Waals surface area contributed by atoms with Crippen molar-refractivity contribution in [2.75, 3.05) is 27.0 Å². The third-order valence-corrected chi connectivity index (χ3v) is 3.39. The monoisotopic (exact) mass is 280 g/mol. The lowest BCUT2D eigenvalue weighted by atomic mass is 10.2. The quantitative estimate of drug-likeness (QED) is 0.643. The number of benzene rings is 1. The van der Waals surface area contributed by atoms with Crippen molar-refractivity contribution >= 4 is 17.8 Å². The van der Waals surface area contributed by atoms with E-state index in [4.69, 9.17) is 4.74 Å². The predicted octanol–water partition coefficient (Wildman–Crippen LogP) is 2.74. The van der Waals surface area contributed by atoms with Gasteiger partial charge >= 0.3 is 6.03 Å². The lowest BCUT2D eigenvalue weighted by Crippen LogP contribution is -2.36. The van der Waals surface area contributed by atoms with E-state index in [1.54, 1.807) is 36.9 Å². The number of methoxy groups -OCH3 is 1. The van der Waals surface area contributed by atoms with Crippen LogP contribution in [0.2, 0.25) is 0 Å². The molecule has 0 saturated heterocycles. The largest absolute Gasteiger partial charge is 0.496 e. The van der Waals surface area contributed by atoms with Gasteiger partial charge in [-0.2, -0.15) is 0 Å². The van der Waals surface area contributed by atoms with Gasteiger partial charge < -0.3 is 15.0 Å². The number of rotatable bonds is 6. The van der Waals surface area contributed by atoms with Gasteiger partial charge in [-0.3, -0.25) is 0 Å². The first-order valence-electron chi connectivity index (χ1n) is 5.93. The first-order chi connectivity index (χ1) is 9.12. The van der Waals surface area contributed by atoms with Crippen LogP contribution in [0.1, 0.15) is 5.56 Å². The first kappa shape index (κ1) is 15.4. The molecule has 0 atom stereocenters. The third-order valence-electron chi connectivity index (χ3n) is 2.61. The van der Waals surface area contributed by atoms with Crippen molar-refractivity contribution in [2.45, 2.75) is 11.4 Å². The van der Waals surface area contributed by atoms with Crippen LogP contribution in [0.5, 0.6) is 5.75 Å². The van der Waals surface area contributed by atoms with E-state index in [-0.39, 0.29) is 6.03 Å². The van der Waals surface area contributed by atoms with Gasteiger partial charge in [0.05, 0.1) is 7.11 Å². The highest BCUT2D eigenvalue weighted by Crippen LogP contribution is 2.28. The van der Waals surface area contributed by atoms with Crippen molar-refractivity contribution in [3.8, 4) is 5.75 Å². The molecule has 4 nitrogen and oxygen atoms in total. The number of urea groups is 1. The van der Waals surface area contributed by atoms with E-state index >= 15 is 0 Å². The molecule has 5 heteroatoms. The number of carbonyl (C=O) groups excluding carboxylic acids is 1. The van der Waals surface area contributed by atoms with E-state index in [2.05, 4.69) is 11.9 Å². The van der Waals surface area contributed by atoms with E-state index in [0.717, 1.165) is 16.2 Å². The smallest absolute Gasteiger partial charge is 0.317 e. The topological polar surface area (TPSA) is 41.6 Å². The maximum absolute atomic E-state index is 11.7. The van der Waals surface area contributed by atoms with Crippen LogP contribution in [0.15, 0.2) is 35.7 Å². The molecule has 0 fully saturated rings. The number of ether oxygens (including phenoxy) is 1. The van der Waals surface area contributed by atoms with Crippen molar-refractivity contribution < 1.29 is 9.53 Å². The van der Waals surface area contributed by atoms with E-state index in [1.807, 2.05) is 24.5 Å². The molecule has 0 spiro atoms. The molecular formula is C14H20N2O2S. The summed E-state index contributed by atoms with van der Waals surface area (Å²) in [4.78, 5) is 14.4. The van der Waals surface area contributed by atoms with Crippen LogP contribution in [0.25, 0.3) is 0 Å². The number of amides is 2. The molecule has 0 heterocycles. The zero-order valence-electron chi connectivity index (χ0n) is 11.6.